The number of hydrogen-bond acceptors (Lipinski definition) is 4. The number of ether oxygens (including phenoxy) is 1. The van der Waals surface area contributed by atoms with Crippen LogP contribution in [0.5, 0.6) is 0 Å². The first kappa shape index (κ1) is 19.4. The van der Waals surface area contributed by atoms with Crippen LogP contribution >= 0.6 is 0 Å². The molecule has 1 aromatic rings. The van der Waals surface area contributed by atoms with Crippen LogP contribution in [0.15, 0.2) is 30.3 Å². The summed E-state index contributed by atoms with van der Waals surface area (Å²) in [4.78, 5) is 40.9. The number of rotatable bonds is 4. The molecule has 0 radical (unpaired) electrons. The number of esters is 1. The van der Waals surface area contributed by atoms with Crippen molar-refractivity contribution in [2.75, 3.05) is 32.8 Å². The van der Waals surface area contributed by atoms with Crippen LogP contribution in [-0.4, -0.2) is 60.4 Å². The third kappa shape index (κ3) is 4.67. The second kappa shape index (κ2) is 9.02. The van der Waals surface area contributed by atoms with Crippen LogP contribution in [-0.2, 0) is 14.3 Å². The van der Waals surface area contributed by atoms with Gasteiger partial charge >= 0.3 is 5.97 Å². The summed E-state index contributed by atoms with van der Waals surface area (Å²) in [7, 11) is 0. The van der Waals surface area contributed by atoms with E-state index in [-0.39, 0.29) is 29.6 Å². The standard InChI is InChI=1S/C21H28N2O4/c1-2-27-21(26)18-10-14-23(15-11-18)20(25)17-8-12-22(13-9-17)19(24)16-6-4-3-5-7-16/h3-7,17-18H,2,8-15H2,1H3. The first-order valence-corrected chi connectivity index (χ1v) is 9.90. The second-order valence-corrected chi connectivity index (χ2v) is 7.28. The summed E-state index contributed by atoms with van der Waals surface area (Å²) in [6, 6.07) is 9.28. The Bertz CT molecular complexity index is 660. The number of carbonyl (C=O) groups excluding carboxylic acids is 3. The minimum atomic E-state index is -0.141. The Morgan fingerprint density at radius 3 is 2.04 bits per heavy atom. The number of carbonyl (C=O) groups is 3. The number of likely N-dealkylation sites (tertiary alicyclic amines) is 2. The lowest BCUT2D eigenvalue weighted by Crippen LogP contribution is -2.47. The molecule has 0 atom stereocenters. The smallest absolute Gasteiger partial charge is 0.309 e. The monoisotopic (exact) mass is 372 g/mol. The summed E-state index contributed by atoms with van der Waals surface area (Å²) in [5.41, 5.74) is 0.698. The Balaban J connectivity index is 1.46. The molecular weight excluding hydrogens is 344 g/mol. The lowest BCUT2D eigenvalue weighted by atomic mass is 9.92. The molecule has 2 amide bonds. The predicted molar refractivity (Wildman–Crippen MR) is 101 cm³/mol. The Hall–Kier alpha value is -2.37. The molecule has 0 aromatic heterocycles. The van der Waals surface area contributed by atoms with Crippen LogP contribution < -0.4 is 0 Å². The van der Waals surface area contributed by atoms with E-state index >= 15 is 0 Å². The Labute approximate surface area is 160 Å². The molecule has 0 saturated carbocycles. The molecule has 0 unspecified atom stereocenters. The van der Waals surface area contributed by atoms with E-state index in [1.165, 1.54) is 0 Å². The molecule has 1 aromatic carbocycles. The van der Waals surface area contributed by atoms with Crippen LogP contribution in [0.1, 0.15) is 43.0 Å². The van der Waals surface area contributed by atoms with Crippen molar-refractivity contribution in [3.8, 4) is 0 Å². The quantitative estimate of drug-likeness (QED) is 0.761. The second-order valence-electron chi connectivity index (χ2n) is 7.28. The molecular formula is C21H28N2O4. The first-order chi connectivity index (χ1) is 13.1. The van der Waals surface area contributed by atoms with E-state index in [4.69, 9.17) is 4.74 Å². The normalized spacial score (nSPS) is 19.0. The summed E-state index contributed by atoms with van der Waals surface area (Å²) in [5, 5.41) is 0. The van der Waals surface area contributed by atoms with Gasteiger partial charge in [-0.25, -0.2) is 0 Å². The molecule has 3 rings (SSSR count). The van der Waals surface area contributed by atoms with Crippen molar-refractivity contribution >= 4 is 17.8 Å². The maximum absolute atomic E-state index is 12.8. The topological polar surface area (TPSA) is 66.9 Å². The highest BCUT2D eigenvalue weighted by Crippen LogP contribution is 2.25. The van der Waals surface area contributed by atoms with Gasteiger partial charge in [-0.3, -0.25) is 14.4 Å². The maximum Gasteiger partial charge on any atom is 0.309 e. The first-order valence-electron chi connectivity index (χ1n) is 9.90. The van der Waals surface area contributed by atoms with E-state index in [9.17, 15) is 14.4 Å². The zero-order valence-electron chi connectivity index (χ0n) is 15.9. The Kier molecular flexibility index (Phi) is 6.48. The van der Waals surface area contributed by atoms with E-state index in [0.717, 1.165) is 0 Å². The summed E-state index contributed by atoms with van der Waals surface area (Å²) >= 11 is 0. The van der Waals surface area contributed by atoms with Gasteiger partial charge in [0.1, 0.15) is 0 Å². The van der Waals surface area contributed by atoms with Gasteiger partial charge in [0.05, 0.1) is 12.5 Å². The van der Waals surface area contributed by atoms with Crippen LogP contribution in [0.3, 0.4) is 0 Å². The van der Waals surface area contributed by atoms with Crippen LogP contribution in [0.4, 0.5) is 0 Å². The zero-order chi connectivity index (χ0) is 19.2. The molecule has 2 saturated heterocycles. The summed E-state index contributed by atoms with van der Waals surface area (Å²) in [6.45, 7) is 4.67. The van der Waals surface area contributed by atoms with Crippen molar-refractivity contribution in [3.05, 3.63) is 35.9 Å². The summed E-state index contributed by atoms with van der Waals surface area (Å²) in [5.74, 6) is -0.0403. The van der Waals surface area contributed by atoms with Gasteiger partial charge in [0.2, 0.25) is 5.91 Å². The highest BCUT2D eigenvalue weighted by molar-refractivity contribution is 5.94. The van der Waals surface area contributed by atoms with Crippen LogP contribution in [0, 0.1) is 11.8 Å². The van der Waals surface area contributed by atoms with Gasteiger partial charge in [0, 0.05) is 37.7 Å². The molecule has 2 fully saturated rings. The van der Waals surface area contributed by atoms with Gasteiger partial charge in [0.15, 0.2) is 0 Å². The molecule has 0 bridgehead atoms. The number of hydrogen-bond donors (Lipinski definition) is 0. The molecule has 2 aliphatic rings. The number of amides is 2. The van der Waals surface area contributed by atoms with Crippen molar-refractivity contribution in [2.24, 2.45) is 11.8 Å². The van der Waals surface area contributed by atoms with Crippen molar-refractivity contribution < 1.29 is 19.1 Å². The predicted octanol–water partition coefficient (Wildman–Crippen LogP) is 2.34. The van der Waals surface area contributed by atoms with Crippen molar-refractivity contribution in [2.45, 2.75) is 32.6 Å². The van der Waals surface area contributed by atoms with E-state index in [0.29, 0.717) is 64.0 Å². The van der Waals surface area contributed by atoms with Gasteiger partial charge in [0.25, 0.3) is 5.91 Å². The van der Waals surface area contributed by atoms with E-state index in [1.807, 2.05) is 47.1 Å². The molecule has 6 heteroatoms. The number of piperidine rings is 2. The fraction of sp³-hybridized carbons (Fsp3) is 0.571. The van der Waals surface area contributed by atoms with Gasteiger partial charge in [-0.15, -0.1) is 0 Å². The lowest BCUT2D eigenvalue weighted by molar-refractivity contribution is -0.152. The van der Waals surface area contributed by atoms with Crippen molar-refractivity contribution in [1.82, 2.24) is 9.80 Å². The molecule has 0 spiro atoms. The fourth-order valence-electron chi connectivity index (χ4n) is 3.95. The molecule has 2 heterocycles. The molecule has 146 valence electrons. The third-order valence-corrected chi connectivity index (χ3v) is 5.58. The maximum atomic E-state index is 12.8. The fourth-order valence-corrected chi connectivity index (χ4v) is 3.95. The number of benzene rings is 1. The average molecular weight is 372 g/mol. The summed E-state index contributed by atoms with van der Waals surface area (Å²) < 4.78 is 5.08. The zero-order valence-corrected chi connectivity index (χ0v) is 15.9. The SMILES string of the molecule is CCOC(=O)C1CCN(C(=O)C2CCN(C(=O)c3ccccc3)CC2)CC1. The van der Waals surface area contributed by atoms with E-state index in [1.54, 1.807) is 0 Å². The number of nitrogens with zero attached hydrogens (tertiary/aromatic N) is 2. The van der Waals surface area contributed by atoms with E-state index in [2.05, 4.69) is 0 Å². The highest BCUT2D eigenvalue weighted by atomic mass is 16.5. The van der Waals surface area contributed by atoms with Crippen molar-refractivity contribution in [3.63, 3.8) is 0 Å². The summed E-state index contributed by atoms with van der Waals surface area (Å²) in [6.07, 6.45) is 2.76. The molecule has 2 aliphatic heterocycles. The van der Waals surface area contributed by atoms with E-state index < -0.39 is 0 Å². The molecule has 0 N–H and O–H groups in total. The van der Waals surface area contributed by atoms with Gasteiger partial charge < -0.3 is 14.5 Å². The molecule has 27 heavy (non-hydrogen) atoms. The van der Waals surface area contributed by atoms with Gasteiger partial charge in [-0.2, -0.15) is 0 Å². The minimum Gasteiger partial charge on any atom is -0.466 e. The van der Waals surface area contributed by atoms with Crippen LogP contribution in [0.2, 0.25) is 0 Å². The van der Waals surface area contributed by atoms with Crippen LogP contribution in [0.25, 0.3) is 0 Å². The Morgan fingerprint density at radius 1 is 0.889 bits per heavy atom. The minimum absolute atomic E-state index is 0.0241. The third-order valence-electron chi connectivity index (χ3n) is 5.58. The Morgan fingerprint density at radius 2 is 1.44 bits per heavy atom. The van der Waals surface area contributed by atoms with Crippen molar-refractivity contribution in [1.29, 1.82) is 0 Å². The lowest BCUT2D eigenvalue weighted by Gasteiger charge is -2.36. The highest BCUT2D eigenvalue weighted by Gasteiger charge is 2.33. The molecule has 0 aliphatic carbocycles. The largest absolute Gasteiger partial charge is 0.466 e. The molecule has 6 nitrogen and oxygen atoms in total. The van der Waals surface area contributed by atoms with Gasteiger partial charge in [-0.05, 0) is 44.7 Å². The average Bonchev–Trinajstić information content (AvgIpc) is 2.74. The van der Waals surface area contributed by atoms with Gasteiger partial charge in [-0.1, -0.05) is 18.2 Å².